The van der Waals surface area contributed by atoms with Crippen LogP contribution in [0.1, 0.15) is 26.5 Å². The third-order valence-corrected chi connectivity index (χ3v) is 1.74. The minimum absolute atomic E-state index is 0.268. The van der Waals surface area contributed by atoms with Crippen molar-refractivity contribution in [2.75, 3.05) is 0 Å². The summed E-state index contributed by atoms with van der Waals surface area (Å²) >= 11 is 0. The van der Waals surface area contributed by atoms with Gasteiger partial charge in [0.15, 0.2) is 0 Å². The summed E-state index contributed by atoms with van der Waals surface area (Å²) in [6.07, 6.45) is 6.45. The number of rotatable bonds is 1. The van der Waals surface area contributed by atoms with E-state index in [2.05, 4.69) is 62.9 Å². The van der Waals surface area contributed by atoms with Crippen LogP contribution in [0.5, 0.6) is 0 Å². The molecule has 1 heterocycles. The van der Waals surface area contributed by atoms with E-state index in [0.29, 0.717) is 0 Å². The predicted octanol–water partition coefficient (Wildman–Crippen LogP) is 3.08. The lowest BCUT2D eigenvalue weighted by Crippen LogP contribution is -1.98. The van der Waals surface area contributed by atoms with Gasteiger partial charge in [-0.15, -0.1) is 0 Å². The summed E-state index contributed by atoms with van der Waals surface area (Å²) in [5.74, 6) is 0. The second kappa shape index (κ2) is 3.18. The Morgan fingerprint density at radius 2 is 2.00 bits per heavy atom. The zero-order valence-corrected chi connectivity index (χ0v) is 8.33. The maximum Gasteiger partial charge on any atom is 0.0401 e. The first-order valence-electron chi connectivity index (χ1n) is 4.30. The molecule has 0 saturated carbocycles. The second-order valence-electron chi connectivity index (χ2n) is 4.24. The van der Waals surface area contributed by atoms with Crippen LogP contribution in [0.2, 0.25) is 0 Å². The molecule has 0 aromatic carbocycles. The van der Waals surface area contributed by atoms with Gasteiger partial charge in [0.2, 0.25) is 0 Å². The molecule has 12 heavy (non-hydrogen) atoms. The molecular weight excluding hydrogens is 146 g/mol. The number of aromatic nitrogens is 1. The molecule has 0 N–H and O–H groups in total. The molecule has 0 radical (unpaired) electrons. The highest BCUT2D eigenvalue weighted by Crippen LogP contribution is 2.16. The van der Waals surface area contributed by atoms with Crippen molar-refractivity contribution < 1.29 is 0 Å². The zero-order chi connectivity index (χ0) is 9.19. The summed E-state index contributed by atoms with van der Waals surface area (Å²) < 4.78 is 2.11. The highest BCUT2D eigenvalue weighted by Gasteiger charge is 2.03. The van der Waals surface area contributed by atoms with Crippen molar-refractivity contribution >= 4 is 6.08 Å². The molecular formula is C11H17N. The molecule has 66 valence electrons. The van der Waals surface area contributed by atoms with Gasteiger partial charge in [0.05, 0.1) is 0 Å². The Kier molecular flexibility index (Phi) is 2.41. The van der Waals surface area contributed by atoms with Crippen LogP contribution in [0.25, 0.3) is 6.08 Å². The van der Waals surface area contributed by atoms with Crippen LogP contribution in [0.4, 0.5) is 0 Å². The van der Waals surface area contributed by atoms with Crippen LogP contribution >= 0.6 is 0 Å². The largest absolute Gasteiger partial charge is 0.351 e. The Labute approximate surface area is 74.7 Å². The summed E-state index contributed by atoms with van der Waals surface area (Å²) in [6, 6.07) is 4.17. The smallest absolute Gasteiger partial charge is 0.0401 e. The third kappa shape index (κ3) is 2.57. The van der Waals surface area contributed by atoms with Crippen LogP contribution < -0.4 is 0 Å². The number of allylic oxidation sites excluding steroid dienone is 1. The zero-order valence-electron chi connectivity index (χ0n) is 8.33. The normalized spacial score (nSPS) is 12.7. The van der Waals surface area contributed by atoms with E-state index in [-0.39, 0.29) is 5.41 Å². The lowest BCUT2D eigenvalue weighted by Gasteiger charge is -2.10. The molecule has 0 saturated heterocycles. The number of hydrogen-bond acceptors (Lipinski definition) is 0. The Morgan fingerprint density at radius 3 is 2.42 bits per heavy atom. The summed E-state index contributed by atoms with van der Waals surface area (Å²) in [5.41, 5.74) is 1.52. The van der Waals surface area contributed by atoms with Crippen molar-refractivity contribution in [1.82, 2.24) is 4.57 Å². The van der Waals surface area contributed by atoms with Crippen molar-refractivity contribution in [1.29, 1.82) is 0 Å². The average Bonchev–Trinajstić information content (AvgIpc) is 2.29. The van der Waals surface area contributed by atoms with Gasteiger partial charge in [-0.3, -0.25) is 0 Å². The van der Waals surface area contributed by atoms with Crippen LogP contribution in [-0.2, 0) is 7.05 Å². The molecule has 0 bridgehead atoms. The Balaban J connectivity index is 2.77. The highest BCUT2D eigenvalue weighted by atomic mass is 14.9. The molecule has 0 aliphatic rings. The van der Waals surface area contributed by atoms with E-state index in [0.717, 1.165) is 0 Å². The average molecular weight is 163 g/mol. The van der Waals surface area contributed by atoms with Gasteiger partial charge in [0, 0.05) is 18.9 Å². The van der Waals surface area contributed by atoms with Crippen molar-refractivity contribution in [3.63, 3.8) is 0 Å². The van der Waals surface area contributed by atoms with Crippen LogP contribution in [0, 0.1) is 5.41 Å². The molecule has 1 aromatic rings. The van der Waals surface area contributed by atoms with Gasteiger partial charge in [-0.1, -0.05) is 26.8 Å². The third-order valence-electron chi connectivity index (χ3n) is 1.74. The summed E-state index contributed by atoms with van der Waals surface area (Å²) in [6.45, 7) is 6.60. The predicted molar refractivity (Wildman–Crippen MR) is 53.9 cm³/mol. The maximum atomic E-state index is 2.22. The second-order valence-corrected chi connectivity index (χ2v) is 4.24. The van der Waals surface area contributed by atoms with Crippen molar-refractivity contribution in [3.8, 4) is 0 Å². The number of nitrogens with zero attached hydrogens (tertiary/aromatic N) is 1. The Morgan fingerprint density at radius 1 is 1.33 bits per heavy atom. The molecule has 0 atom stereocenters. The first kappa shape index (κ1) is 9.11. The standard InChI is InChI=1S/C11H17N/c1-11(2,3)8-7-10-6-5-9-12(10)4/h5-9H,1-4H3/b8-7+. The van der Waals surface area contributed by atoms with E-state index in [4.69, 9.17) is 0 Å². The molecule has 0 fully saturated rings. The lowest BCUT2D eigenvalue weighted by molar-refractivity contribution is 0.547. The fourth-order valence-electron chi connectivity index (χ4n) is 0.983. The van der Waals surface area contributed by atoms with E-state index < -0.39 is 0 Å². The molecule has 1 aromatic heterocycles. The van der Waals surface area contributed by atoms with E-state index in [1.54, 1.807) is 0 Å². The molecule has 1 rings (SSSR count). The van der Waals surface area contributed by atoms with Gasteiger partial charge >= 0.3 is 0 Å². The lowest BCUT2D eigenvalue weighted by atomic mass is 9.96. The fraction of sp³-hybridized carbons (Fsp3) is 0.455. The van der Waals surface area contributed by atoms with Crippen molar-refractivity contribution in [2.24, 2.45) is 12.5 Å². The Bertz CT molecular complexity index is 273. The van der Waals surface area contributed by atoms with Gasteiger partial charge in [-0.2, -0.15) is 0 Å². The molecule has 0 aliphatic carbocycles. The Hall–Kier alpha value is -0.980. The molecule has 0 spiro atoms. The SMILES string of the molecule is Cn1cccc1/C=C/C(C)(C)C. The number of hydrogen-bond donors (Lipinski definition) is 0. The van der Waals surface area contributed by atoms with Crippen LogP contribution in [0.15, 0.2) is 24.4 Å². The number of aryl methyl sites for hydroxylation is 1. The van der Waals surface area contributed by atoms with E-state index in [9.17, 15) is 0 Å². The maximum absolute atomic E-state index is 2.22. The minimum Gasteiger partial charge on any atom is -0.351 e. The van der Waals surface area contributed by atoms with E-state index in [1.165, 1.54) is 5.69 Å². The molecule has 1 nitrogen and oxygen atoms in total. The fourth-order valence-corrected chi connectivity index (χ4v) is 0.983. The van der Waals surface area contributed by atoms with Crippen molar-refractivity contribution in [3.05, 3.63) is 30.1 Å². The summed E-state index contributed by atoms with van der Waals surface area (Å²) in [5, 5.41) is 0. The monoisotopic (exact) mass is 163 g/mol. The van der Waals surface area contributed by atoms with Gasteiger partial charge in [-0.25, -0.2) is 0 Å². The van der Waals surface area contributed by atoms with Gasteiger partial charge in [0.25, 0.3) is 0 Å². The van der Waals surface area contributed by atoms with Gasteiger partial charge in [0.1, 0.15) is 0 Å². The first-order chi connectivity index (χ1) is 5.49. The van der Waals surface area contributed by atoms with Gasteiger partial charge in [-0.05, 0) is 23.6 Å². The van der Waals surface area contributed by atoms with Gasteiger partial charge < -0.3 is 4.57 Å². The molecule has 0 aliphatic heterocycles. The van der Waals surface area contributed by atoms with E-state index in [1.807, 2.05) is 0 Å². The summed E-state index contributed by atoms with van der Waals surface area (Å²) in [4.78, 5) is 0. The topological polar surface area (TPSA) is 4.93 Å². The van der Waals surface area contributed by atoms with E-state index >= 15 is 0 Å². The molecule has 1 heteroatoms. The summed E-state index contributed by atoms with van der Waals surface area (Å²) in [7, 11) is 2.06. The molecule has 0 unspecified atom stereocenters. The quantitative estimate of drug-likeness (QED) is 0.599. The minimum atomic E-state index is 0.268. The molecule has 0 amide bonds. The van der Waals surface area contributed by atoms with Crippen LogP contribution in [-0.4, -0.2) is 4.57 Å². The first-order valence-corrected chi connectivity index (χ1v) is 4.30. The van der Waals surface area contributed by atoms with Crippen molar-refractivity contribution in [2.45, 2.75) is 20.8 Å². The van der Waals surface area contributed by atoms with Crippen LogP contribution in [0.3, 0.4) is 0 Å². The highest BCUT2D eigenvalue weighted by molar-refractivity contribution is 5.46.